The lowest BCUT2D eigenvalue weighted by Gasteiger charge is -2.36. The molecule has 1 aliphatic heterocycles. The van der Waals surface area contributed by atoms with E-state index in [4.69, 9.17) is 0 Å². The van der Waals surface area contributed by atoms with Crippen LogP contribution >= 0.6 is 0 Å². The zero-order chi connectivity index (χ0) is 26.5. The van der Waals surface area contributed by atoms with E-state index in [2.05, 4.69) is 60.0 Å². The number of carbonyl (C=O) groups is 1. The number of aromatic nitrogens is 5. The number of hydrogen-bond acceptors (Lipinski definition) is 9. The molecule has 4 heterocycles. The van der Waals surface area contributed by atoms with Gasteiger partial charge in [-0.3, -0.25) is 0 Å². The van der Waals surface area contributed by atoms with Crippen molar-refractivity contribution in [1.82, 2.24) is 35.1 Å². The van der Waals surface area contributed by atoms with Gasteiger partial charge in [0.05, 0.1) is 0 Å². The number of aryl methyl sites for hydroxylation is 1. The van der Waals surface area contributed by atoms with Crippen molar-refractivity contribution in [2.45, 2.75) is 32.9 Å². The molecule has 1 aromatic carbocycles. The Balaban J connectivity index is 1.21. The molecular weight excluding hydrogens is 480 g/mol. The highest BCUT2D eigenvalue weighted by Crippen LogP contribution is 2.20. The molecule has 0 aliphatic carbocycles. The zero-order valence-corrected chi connectivity index (χ0v) is 21.5. The van der Waals surface area contributed by atoms with Gasteiger partial charge in [-0.25, -0.2) is 24.7 Å². The number of hydrogen-bond donors (Lipinski definition) is 4. The van der Waals surface area contributed by atoms with Crippen molar-refractivity contribution < 1.29 is 4.79 Å². The van der Waals surface area contributed by atoms with Crippen LogP contribution in [0.5, 0.6) is 0 Å². The number of benzene rings is 1. The molecular formula is C27H30N10O. The fourth-order valence-corrected chi connectivity index (χ4v) is 4.30. The van der Waals surface area contributed by atoms with Gasteiger partial charge in [-0.05, 0) is 69.3 Å². The highest BCUT2D eigenvalue weighted by atomic mass is 16.2. The molecule has 38 heavy (non-hydrogen) atoms. The molecule has 0 saturated carbocycles. The maximum Gasteiger partial charge on any atom is 0.321 e. The summed E-state index contributed by atoms with van der Waals surface area (Å²) < 4.78 is 0. The molecule has 0 bridgehead atoms. The van der Waals surface area contributed by atoms with Gasteiger partial charge < -0.3 is 26.2 Å². The second kappa shape index (κ2) is 11.2. The first-order valence-corrected chi connectivity index (χ1v) is 12.5. The summed E-state index contributed by atoms with van der Waals surface area (Å²) in [7, 11) is 0. The van der Waals surface area contributed by atoms with E-state index < -0.39 is 0 Å². The highest BCUT2D eigenvalue weighted by molar-refractivity contribution is 5.89. The number of rotatable bonds is 6. The minimum Gasteiger partial charge on any atom is -0.325 e. The van der Waals surface area contributed by atoms with Crippen molar-refractivity contribution in [2.24, 2.45) is 0 Å². The molecule has 2 amide bonds. The van der Waals surface area contributed by atoms with E-state index >= 15 is 0 Å². The third-order valence-corrected chi connectivity index (χ3v) is 5.92. The molecule has 1 aliphatic rings. The van der Waals surface area contributed by atoms with Gasteiger partial charge in [0.25, 0.3) is 0 Å². The quantitative estimate of drug-likeness (QED) is 0.299. The standard InChI is InChI=1S/C27H30N10O/c1-17-5-4-6-22(31-17)25-28-13-11-23(35-25)34-24-12-14-29-26(36-24)32-20-7-9-21(10-8-20)33-27(38)37-15-18(2)30-19(3)16-37/h4-14,18-19,30H,15-16H2,1-3H3,(H,33,38)(H2,28,29,32,34,35,36)/t18-,19+. The molecule has 11 nitrogen and oxygen atoms in total. The third kappa shape index (κ3) is 6.37. The molecule has 0 radical (unpaired) electrons. The Morgan fingerprint density at radius 3 is 2.26 bits per heavy atom. The molecule has 11 heteroatoms. The maximum absolute atomic E-state index is 12.7. The van der Waals surface area contributed by atoms with Crippen molar-refractivity contribution in [2.75, 3.05) is 29.0 Å². The molecule has 1 saturated heterocycles. The predicted octanol–water partition coefficient (Wildman–Crippen LogP) is 4.34. The lowest BCUT2D eigenvalue weighted by molar-refractivity contribution is 0.176. The van der Waals surface area contributed by atoms with Crippen LogP contribution in [-0.2, 0) is 0 Å². The van der Waals surface area contributed by atoms with Gasteiger partial charge in [-0.2, -0.15) is 4.98 Å². The van der Waals surface area contributed by atoms with E-state index in [9.17, 15) is 4.79 Å². The zero-order valence-electron chi connectivity index (χ0n) is 21.5. The van der Waals surface area contributed by atoms with Crippen molar-refractivity contribution in [3.05, 3.63) is 72.7 Å². The largest absolute Gasteiger partial charge is 0.325 e. The van der Waals surface area contributed by atoms with Gasteiger partial charge >= 0.3 is 6.03 Å². The maximum atomic E-state index is 12.7. The van der Waals surface area contributed by atoms with Crippen LogP contribution in [-0.4, -0.2) is 61.0 Å². The summed E-state index contributed by atoms with van der Waals surface area (Å²) >= 11 is 0. The third-order valence-electron chi connectivity index (χ3n) is 5.92. The minimum atomic E-state index is -0.0981. The summed E-state index contributed by atoms with van der Waals surface area (Å²) in [5.74, 6) is 2.12. The highest BCUT2D eigenvalue weighted by Gasteiger charge is 2.24. The Morgan fingerprint density at radius 1 is 0.842 bits per heavy atom. The number of piperazine rings is 1. The Labute approximate surface area is 221 Å². The molecule has 0 unspecified atom stereocenters. The number of anilines is 5. The first-order valence-electron chi connectivity index (χ1n) is 12.5. The fourth-order valence-electron chi connectivity index (χ4n) is 4.30. The van der Waals surface area contributed by atoms with E-state index in [0.717, 1.165) is 17.1 Å². The van der Waals surface area contributed by atoms with E-state index in [0.29, 0.717) is 42.2 Å². The summed E-state index contributed by atoms with van der Waals surface area (Å²) in [6.07, 6.45) is 3.34. The van der Waals surface area contributed by atoms with Crippen LogP contribution in [0, 0.1) is 6.92 Å². The van der Waals surface area contributed by atoms with Crippen LogP contribution in [0.4, 0.5) is 33.8 Å². The Kier molecular flexibility index (Phi) is 7.36. The molecule has 5 rings (SSSR count). The Bertz CT molecular complexity index is 1400. The molecule has 2 atom stereocenters. The number of carbonyl (C=O) groups excluding carboxylic acids is 1. The van der Waals surface area contributed by atoms with E-state index in [1.54, 1.807) is 24.5 Å². The van der Waals surface area contributed by atoms with Crippen molar-refractivity contribution in [1.29, 1.82) is 0 Å². The van der Waals surface area contributed by atoms with Crippen LogP contribution in [0.2, 0.25) is 0 Å². The molecule has 0 spiro atoms. The van der Waals surface area contributed by atoms with Crippen LogP contribution in [0.25, 0.3) is 11.5 Å². The molecule has 4 N–H and O–H groups in total. The average molecular weight is 511 g/mol. The number of nitrogens with one attached hydrogen (secondary N) is 4. The SMILES string of the molecule is Cc1cccc(-c2nccc(Nc3ccnc(Nc4ccc(NC(=O)N5C[C@@H](C)N[C@@H](C)C5)cc4)n3)n2)n1. The first kappa shape index (κ1) is 25.0. The monoisotopic (exact) mass is 510 g/mol. The smallest absolute Gasteiger partial charge is 0.321 e. The van der Waals surface area contributed by atoms with E-state index in [-0.39, 0.29) is 18.1 Å². The minimum absolute atomic E-state index is 0.0981. The normalized spacial score (nSPS) is 17.1. The van der Waals surface area contributed by atoms with E-state index in [1.807, 2.05) is 54.3 Å². The van der Waals surface area contributed by atoms with Gasteiger partial charge in [0.1, 0.15) is 17.3 Å². The van der Waals surface area contributed by atoms with Gasteiger partial charge in [0, 0.05) is 54.6 Å². The van der Waals surface area contributed by atoms with E-state index in [1.165, 1.54) is 0 Å². The summed E-state index contributed by atoms with van der Waals surface area (Å²) in [6.45, 7) is 7.44. The lowest BCUT2D eigenvalue weighted by Crippen LogP contribution is -2.56. The lowest BCUT2D eigenvalue weighted by atomic mass is 10.1. The van der Waals surface area contributed by atoms with Gasteiger partial charge in [0.2, 0.25) is 5.95 Å². The number of urea groups is 1. The summed E-state index contributed by atoms with van der Waals surface area (Å²) in [6, 6.07) is 17.1. The van der Waals surface area contributed by atoms with Gasteiger partial charge in [0.15, 0.2) is 5.82 Å². The van der Waals surface area contributed by atoms with Gasteiger partial charge in [-0.1, -0.05) is 6.07 Å². The second-order valence-electron chi connectivity index (χ2n) is 9.33. The summed E-state index contributed by atoms with van der Waals surface area (Å²) in [5.41, 5.74) is 3.11. The molecule has 4 aromatic rings. The molecule has 194 valence electrons. The van der Waals surface area contributed by atoms with Crippen LogP contribution in [0.1, 0.15) is 19.5 Å². The number of pyridine rings is 1. The predicted molar refractivity (Wildman–Crippen MR) is 148 cm³/mol. The van der Waals surface area contributed by atoms with Gasteiger partial charge in [-0.15, -0.1) is 0 Å². The average Bonchev–Trinajstić information content (AvgIpc) is 2.90. The Morgan fingerprint density at radius 2 is 1.53 bits per heavy atom. The van der Waals surface area contributed by atoms with Crippen LogP contribution < -0.4 is 21.3 Å². The topological polar surface area (TPSA) is 133 Å². The fraction of sp³-hybridized carbons (Fsp3) is 0.259. The molecule has 1 fully saturated rings. The van der Waals surface area contributed by atoms with Crippen LogP contribution in [0.3, 0.4) is 0 Å². The Hall–Kier alpha value is -4.64. The van der Waals surface area contributed by atoms with Crippen molar-refractivity contribution in [3.63, 3.8) is 0 Å². The first-order chi connectivity index (χ1) is 18.4. The van der Waals surface area contributed by atoms with Crippen molar-refractivity contribution in [3.8, 4) is 11.5 Å². The summed E-state index contributed by atoms with van der Waals surface area (Å²) in [4.78, 5) is 36.7. The summed E-state index contributed by atoms with van der Waals surface area (Å²) in [5, 5.41) is 12.8. The molecule has 3 aromatic heterocycles. The number of amides is 2. The number of nitrogens with zero attached hydrogens (tertiary/aromatic N) is 6. The van der Waals surface area contributed by atoms with Crippen LogP contribution in [0.15, 0.2) is 67.0 Å². The van der Waals surface area contributed by atoms with Crippen molar-refractivity contribution >= 4 is 35.0 Å². The second-order valence-corrected chi connectivity index (χ2v) is 9.33.